The number of carbonyl (C=O) groups excluding carboxylic acids is 1. The molecule has 4 aromatic rings. The van der Waals surface area contributed by atoms with Gasteiger partial charge in [-0.1, -0.05) is 23.5 Å². The average Bonchev–Trinajstić information content (AvgIpc) is 3.08. The molecule has 0 fully saturated rings. The van der Waals surface area contributed by atoms with Crippen molar-refractivity contribution in [1.82, 2.24) is 9.97 Å². The van der Waals surface area contributed by atoms with Crippen LogP contribution in [0.3, 0.4) is 0 Å². The molecule has 3 heterocycles. The van der Waals surface area contributed by atoms with E-state index in [1.165, 1.54) is 22.7 Å². The SMILES string of the molecule is Nc1c(C(=O)Nc2nc3ccccc3s2)sc2ncccc12. The number of amides is 1. The number of pyridine rings is 1. The number of rotatable bonds is 2. The Hall–Kier alpha value is -2.51. The smallest absolute Gasteiger partial charge is 0.269 e. The third kappa shape index (κ3) is 2.11. The van der Waals surface area contributed by atoms with Crippen LogP contribution in [0, 0.1) is 0 Å². The van der Waals surface area contributed by atoms with Gasteiger partial charge in [0.15, 0.2) is 5.13 Å². The molecule has 0 saturated carbocycles. The minimum Gasteiger partial charge on any atom is -0.397 e. The first-order chi connectivity index (χ1) is 10.7. The molecule has 3 N–H and O–H groups in total. The fourth-order valence-electron chi connectivity index (χ4n) is 2.20. The second kappa shape index (κ2) is 5.04. The molecule has 0 spiro atoms. The molecule has 0 aliphatic carbocycles. The Bertz CT molecular complexity index is 972. The number of para-hydroxylation sites is 1. The Morgan fingerprint density at radius 2 is 2.00 bits per heavy atom. The van der Waals surface area contributed by atoms with E-state index in [2.05, 4.69) is 15.3 Å². The summed E-state index contributed by atoms with van der Waals surface area (Å²) in [6.07, 6.45) is 1.69. The van der Waals surface area contributed by atoms with E-state index in [0.29, 0.717) is 15.7 Å². The van der Waals surface area contributed by atoms with Crippen molar-refractivity contribution < 1.29 is 4.79 Å². The van der Waals surface area contributed by atoms with Crippen molar-refractivity contribution in [2.45, 2.75) is 0 Å². The van der Waals surface area contributed by atoms with Crippen molar-refractivity contribution in [3.8, 4) is 0 Å². The molecular formula is C15H10N4OS2. The molecular weight excluding hydrogens is 316 g/mol. The van der Waals surface area contributed by atoms with Gasteiger partial charge in [-0.15, -0.1) is 11.3 Å². The van der Waals surface area contributed by atoms with Crippen molar-refractivity contribution >= 4 is 59.8 Å². The van der Waals surface area contributed by atoms with Gasteiger partial charge >= 0.3 is 0 Å². The zero-order valence-corrected chi connectivity index (χ0v) is 12.9. The van der Waals surface area contributed by atoms with E-state index < -0.39 is 0 Å². The Morgan fingerprint density at radius 1 is 1.14 bits per heavy atom. The molecule has 108 valence electrons. The van der Waals surface area contributed by atoms with Crippen molar-refractivity contribution in [1.29, 1.82) is 0 Å². The van der Waals surface area contributed by atoms with Crippen LogP contribution in [0.4, 0.5) is 10.8 Å². The minimum absolute atomic E-state index is 0.250. The van der Waals surface area contributed by atoms with Gasteiger partial charge in [-0.05, 0) is 24.3 Å². The number of thiophene rings is 1. The van der Waals surface area contributed by atoms with Gasteiger partial charge in [0.1, 0.15) is 9.71 Å². The number of hydrogen-bond acceptors (Lipinski definition) is 6. The number of benzene rings is 1. The van der Waals surface area contributed by atoms with E-state index in [4.69, 9.17) is 5.73 Å². The van der Waals surface area contributed by atoms with Crippen molar-refractivity contribution in [3.05, 3.63) is 47.5 Å². The molecule has 1 aromatic carbocycles. The first-order valence-corrected chi connectivity index (χ1v) is 8.15. The number of nitrogens with zero attached hydrogens (tertiary/aromatic N) is 2. The van der Waals surface area contributed by atoms with Gasteiger partial charge < -0.3 is 5.73 Å². The lowest BCUT2D eigenvalue weighted by Gasteiger charge is -1.99. The first kappa shape index (κ1) is 13.2. The lowest BCUT2D eigenvalue weighted by Crippen LogP contribution is -2.11. The summed E-state index contributed by atoms with van der Waals surface area (Å²) in [6.45, 7) is 0. The predicted octanol–water partition coefficient (Wildman–Crippen LogP) is 3.74. The average molecular weight is 326 g/mol. The van der Waals surface area contributed by atoms with Crippen LogP contribution in [0.15, 0.2) is 42.6 Å². The minimum atomic E-state index is -0.250. The molecule has 0 aliphatic heterocycles. The topological polar surface area (TPSA) is 80.9 Å². The summed E-state index contributed by atoms with van der Waals surface area (Å²) in [5.74, 6) is -0.250. The highest BCUT2D eigenvalue weighted by atomic mass is 32.1. The van der Waals surface area contributed by atoms with Crippen LogP contribution in [0.1, 0.15) is 9.67 Å². The van der Waals surface area contributed by atoms with Gasteiger partial charge in [-0.3, -0.25) is 10.1 Å². The molecule has 0 atom stereocenters. The summed E-state index contributed by atoms with van der Waals surface area (Å²) in [7, 11) is 0. The second-order valence-electron chi connectivity index (χ2n) is 4.64. The third-order valence-corrected chi connectivity index (χ3v) is 5.31. The number of thiazole rings is 1. The molecule has 0 bridgehead atoms. The van der Waals surface area contributed by atoms with Crippen LogP contribution >= 0.6 is 22.7 Å². The number of anilines is 2. The molecule has 0 unspecified atom stereocenters. The number of nitrogens with one attached hydrogen (secondary N) is 1. The monoisotopic (exact) mass is 326 g/mol. The molecule has 5 nitrogen and oxygen atoms in total. The fraction of sp³-hybridized carbons (Fsp3) is 0. The fourth-order valence-corrected chi connectivity index (χ4v) is 4.02. The summed E-state index contributed by atoms with van der Waals surface area (Å²) >= 11 is 2.72. The highest BCUT2D eigenvalue weighted by Crippen LogP contribution is 2.33. The third-order valence-electron chi connectivity index (χ3n) is 3.23. The van der Waals surface area contributed by atoms with E-state index >= 15 is 0 Å². The van der Waals surface area contributed by atoms with E-state index in [-0.39, 0.29) is 5.91 Å². The van der Waals surface area contributed by atoms with Crippen LogP contribution in [0.2, 0.25) is 0 Å². The van der Waals surface area contributed by atoms with Crippen LogP contribution in [0.25, 0.3) is 20.4 Å². The Morgan fingerprint density at radius 3 is 2.82 bits per heavy atom. The zero-order valence-electron chi connectivity index (χ0n) is 11.2. The summed E-state index contributed by atoms with van der Waals surface area (Å²) in [6, 6.07) is 11.4. The van der Waals surface area contributed by atoms with Gasteiger partial charge in [0, 0.05) is 11.6 Å². The molecule has 3 aromatic heterocycles. The van der Waals surface area contributed by atoms with E-state index in [1.54, 1.807) is 12.3 Å². The first-order valence-electron chi connectivity index (χ1n) is 6.52. The number of aromatic nitrogens is 2. The second-order valence-corrected chi connectivity index (χ2v) is 6.67. The molecule has 0 aliphatic rings. The van der Waals surface area contributed by atoms with Gasteiger partial charge in [-0.2, -0.15) is 0 Å². The normalized spacial score (nSPS) is 11.1. The quantitative estimate of drug-likeness (QED) is 0.588. The van der Waals surface area contributed by atoms with Gasteiger partial charge in [0.25, 0.3) is 5.91 Å². The summed E-state index contributed by atoms with van der Waals surface area (Å²) in [5.41, 5.74) is 7.40. The van der Waals surface area contributed by atoms with Crippen molar-refractivity contribution in [2.24, 2.45) is 0 Å². The number of carbonyl (C=O) groups is 1. The Balaban J connectivity index is 1.69. The van der Waals surface area contributed by atoms with Crippen molar-refractivity contribution in [3.63, 3.8) is 0 Å². The van der Waals surface area contributed by atoms with Gasteiger partial charge in [0.05, 0.1) is 15.9 Å². The highest BCUT2D eigenvalue weighted by molar-refractivity contribution is 7.23. The lowest BCUT2D eigenvalue weighted by molar-refractivity contribution is 0.103. The van der Waals surface area contributed by atoms with Crippen LogP contribution in [0.5, 0.6) is 0 Å². The maximum absolute atomic E-state index is 12.4. The van der Waals surface area contributed by atoms with Crippen LogP contribution in [-0.2, 0) is 0 Å². The molecule has 1 amide bonds. The number of fused-ring (bicyclic) bond motifs is 2. The molecule has 7 heteroatoms. The molecule has 22 heavy (non-hydrogen) atoms. The molecule has 4 rings (SSSR count). The van der Waals surface area contributed by atoms with Crippen LogP contribution in [-0.4, -0.2) is 15.9 Å². The lowest BCUT2D eigenvalue weighted by atomic mass is 10.2. The highest BCUT2D eigenvalue weighted by Gasteiger charge is 2.18. The largest absolute Gasteiger partial charge is 0.397 e. The Kier molecular flexibility index (Phi) is 3.02. The van der Waals surface area contributed by atoms with Gasteiger partial charge in [0.2, 0.25) is 0 Å². The number of nitrogens with two attached hydrogens (primary N) is 1. The van der Waals surface area contributed by atoms with E-state index in [9.17, 15) is 4.79 Å². The Labute approximate surface area is 133 Å². The van der Waals surface area contributed by atoms with E-state index in [1.807, 2.05) is 30.3 Å². The van der Waals surface area contributed by atoms with E-state index in [0.717, 1.165) is 20.4 Å². The zero-order chi connectivity index (χ0) is 15.1. The standard InChI is InChI=1S/C15H10N4OS2/c16-11-8-4-3-7-17-14(8)22-12(11)13(20)19-15-18-9-5-1-2-6-10(9)21-15/h1-7H,16H2,(H,18,19,20). The molecule has 0 radical (unpaired) electrons. The maximum Gasteiger partial charge on any atom is 0.269 e. The summed E-state index contributed by atoms with van der Waals surface area (Å²) in [4.78, 5) is 22.3. The summed E-state index contributed by atoms with van der Waals surface area (Å²) in [5, 5.41) is 4.19. The van der Waals surface area contributed by atoms with Crippen molar-refractivity contribution in [2.75, 3.05) is 11.1 Å². The van der Waals surface area contributed by atoms with Crippen LogP contribution < -0.4 is 11.1 Å². The molecule has 0 saturated heterocycles. The predicted molar refractivity (Wildman–Crippen MR) is 91.6 cm³/mol. The maximum atomic E-state index is 12.4. The summed E-state index contributed by atoms with van der Waals surface area (Å²) < 4.78 is 1.03. The van der Waals surface area contributed by atoms with Gasteiger partial charge in [-0.25, -0.2) is 9.97 Å². The number of nitrogen functional groups attached to an aromatic ring is 1. The number of hydrogen-bond donors (Lipinski definition) is 2.